The van der Waals surface area contributed by atoms with Crippen LogP contribution in [-0.2, 0) is 16.1 Å². The number of nitrogens with zero attached hydrogens (tertiary/aromatic N) is 2. The first kappa shape index (κ1) is 17.4. The number of halogens is 1. The monoisotopic (exact) mass is 334 g/mol. The lowest BCUT2D eigenvalue weighted by atomic mass is 9.89. The quantitative estimate of drug-likeness (QED) is 0.849. The van der Waals surface area contributed by atoms with Gasteiger partial charge in [-0.25, -0.2) is 4.39 Å². The second-order valence-electron chi connectivity index (χ2n) is 6.93. The van der Waals surface area contributed by atoms with Gasteiger partial charge in [-0.05, 0) is 63.4 Å². The normalized spacial score (nSPS) is 26.8. The van der Waals surface area contributed by atoms with Gasteiger partial charge in [-0.1, -0.05) is 12.1 Å². The summed E-state index contributed by atoms with van der Waals surface area (Å²) in [6.07, 6.45) is 2.01. The van der Waals surface area contributed by atoms with Gasteiger partial charge in [-0.2, -0.15) is 0 Å². The molecule has 2 fully saturated rings. The van der Waals surface area contributed by atoms with Crippen LogP contribution in [0, 0.1) is 11.7 Å². The van der Waals surface area contributed by atoms with Gasteiger partial charge in [-0.3, -0.25) is 9.69 Å². The number of carbonyl (C=O) groups is 1. The van der Waals surface area contributed by atoms with E-state index >= 15 is 0 Å². The molecular formula is C19H27FN2O2. The number of piperidine rings is 1. The van der Waals surface area contributed by atoms with Gasteiger partial charge in [-0.15, -0.1) is 0 Å². The molecule has 0 radical (unpaired) electrons. The van der Waals surface area contributed by atoms with E-state index in [2.05, 4.69) is 4.90 Å². The molecule has 0 unspecified atom stereocenters. The van der Waals surface area contributed by atoms with Gasteiger partial charge >= 0.3 is 0 Å². The Labute approximate surface area is 143 Å². The molecule has 2 aliphatic heterocycles. The summed E-state index contributed by atoms with van der Waals surface area (Å²) in [5.74, 6) is 0.442. The number of amides is 1. The second-order valence-corrected chi connectivity index (χ2v) is 6.93. The van der Waals surface area contributed by atoms with Gasteiger partial charge in [0.1, 0.15) is 11.9 Å². The molecule has 4 nitrogen and oxygen atoms in total. The number of likely N-dealkylation sites (tertiary alicyclic amines) is 1. The summed E-state index contributed by atoms with van der Waals surface area (Å²) >= 11 is 0. The lowest BCUT2D eigenvalue weighted by Gasteiger charge is -2.42. The van der Waals surface area contributed by atoms with E-state index < -0.39 is 0 Å². The molecule has 0 bridgehead atoms. The van der Waals surface area contributed by atoms with Gasteiger partial charge in [0.25, 0.3) is 5.91 Å². The maximum Gasteiger partial charge on any atom is 0.251 e. The SMILES string of the molecule is CCN1C[C@@H](C2CCN(Cc3ccc(F)cc3)CC2)O[C@@H](C)C1=O. The van der Waals surface area contributed by atoms with Crippen molar-refractivity contribution in [1.82, 2.24) is 9.80 Å². The lowest BCUT2D eigenvalue weighted by molar-refractivity contribution is -0.166. The maximum absolute atomic E-state index is 13.0. The van der Waals surface area contributed by atoms with Crippen molar-refractivity contribution in [3.63, 3.8) is 0 Å². The highest BCUT2D eigenvalue weighted by Gasteiger charge is 2.36. The highest BCUT2D eigenvalue weighted by Crippen LogP contribution is 2.28. The zero-order chi connectivity index (χ0) is 17.1. The minimum absolute atomic E-state index is 0.113. The predicted octanol–water partition coefficient (Wildman–Crippen LogP) is 2.67. The molecule has 2 heterocycles. The summed E-state index contributed by atoms with van der Waals surface area (Å²) < 4.78 is 19.0. The highest BCUT2D eigenvalue weighted by molar-refractivity contribution is 5.81. The van der Waals surface area contributed by atoms with Crippen LogP contribution in [0.25, 0.3) is 0 Å². The molecule has 3 rings (SSSR count). The topological polar surface area (TPSA) is 32.8 Å². The van der Waals surface area contributed by atoms with Gasteiger partial charge in [0.2, 0.25) is 0 Å². The van der Waals surface area contributed by atoms with Crippen molar-refractivity contribution in [3.8, 4) is 0 Å². The molecule has 0 saturated carbocycles. The largest absolute Gasteiger partial charge is 0.363 e. The average molecular weight is 334 g/mol. The number of carbonyl (C=O) groups excluding carboxylic acids is 1. The minimum atomic E-state index is -0.319. The Bertz CT molecular complexity index is 555. The predicted molar refractivity (Wildman–Crippen MR) is 91.0 cm³/mol. The molecule has 0 N–H and O–H groups in total. The summed E-state index contributed by atoms with van der Waals surface area (Å²) in [5, 5.41) is 0. The second kappa shape index (κ2) is 7.62. The van der Waals surface area contributed by atoms with Crippen molar-refractivity contribution in [2.45, 2.75) is 45.4 Å². The Hall–Kier alpha value is -1.46. The number of likely N-dealkylation sites (N-methyl/N-ethyl adjacent to an activating group) is 1. The van der Waals surface area contributed by atoms with Crippen LogP contribution in [0.1, 0.15) is 32.3 Å². The van der Waals surface area contributed by atoms with Gasteiger partial charge in [0.05, 0.1) is 6.10 Å². The molecule has 1 aromatic rings. The van der Waals surface area contributed by atoms with E-state index in [1.807, 2.05) is 30.9 Å². The summed E-state index contributed by atoms with van der Waals surface area (Å²) in [7, 11) is 0. The van der Waals surface area contributed by atoms with Crippen LogP contribution in [0.2, 0.25) is 0 Å². The first-order chi connectivity index (χ1) is 11.6. The molecule has 0 aliphatic carbocycles. The van der Waals surface area contributed by atoms with Crippen molar-refractivity contribution in [2.24, 2.45) is 5.92 Å². The molecule has 0 spiro atoms. The first-order valence-electron chi connectivity index (χ1n) is 8.98. The minimum Gasteiger partial charge on any atom is -0.363 e. The smallest absolute Gasteiger partial charge is 0.251 e. The molecule has 0 aromatic heterocycles. The Morgan fingerprint density at radius 3 is 2.50 bits per heavy atom. The number of morpholine rings is 1. The van der Waals surface area contributed by atoms with E-state index in [9.17, 15) is 9.18 Å². The van der Waals surface area contributed by atoms with Crippen molar-refractivity contribution in [2.75, 3.05) is 26.2 Å². The molecule has 5 heteroatoms. The molecule has 2 saturated heterocycles. The van der Waals surface area contributed by atoms with E-state index in [1.165, 1.54) is 12.1 Å². The zero-order valence-corrected chi connectivity index (χ0v) is 14.6. The van der Waals surface area contributed by atoms with Gasteiger partial charge in [0.15, 0.2) is 0 Å². The van der Waals surface area contributed by atoms with E-state index in [1.54, 1.807) is 0 Å². The Kier molecular flexibility index (Phi) is 5.51. The Morgan fingerprint density at radius 1 is 1.21 bits per heavy atom. The molecule has 24 heavy (non-hydrogen) atoms. The van der Waals surface area contributed by atoms with Crippen LogP contribution in [0.15, 0.2) is 24.3 Å². The summed E-state index contributed by atoms with van der Waals surface area (Å²) in [6, 6.07) is 6.77. The lowest BCUT2D eigenvalue weighted by Crippen LogP contribution is -2.54. The summed E-state index contributed by atoms with van der Waals surface area (Å²) in [6.45, 7) is 8.29. The third-order valence-electron chi connectivity index (χ3n) is 5.30. The van der Waals surface area contributed by atoms with Crippen molar-refractivity contribution >= 4 is 5.91 Å². The van der Waals surface area contributed by atoms with Crippen LogP contribution < -0.4 is 0 Å². The highest BCUT2D eigenvalue weighted by atomic mass is 19.1. The molecule has 132 valence electrons. The van der Waals surface area contributed by atoms with E-state index in [4.69, 9.17) is 4.74 Å². The standard InChI is InChI=1S/C19H27FN2O2/c1-3-22-13-18(24-14(2)19(22)23)16-8-10-21(11-9-16)12-15-4-6-17(20)7-5-15/h4-7,14,16,18H,3,8-13H2,1-2H3/t14-,18-/m0/s1. The Balaban J connectivity index is 1.51. The number of rotatable bonds is 4. The summed E-state index contributed by atoms with van der Waals surface area (Å²) in [5.41, 5.74) is 1.15. The van der Waals surface area contributed by atoms with Crippen molar-refractivity contribution < 1.29 is 13.9 Å². The van der Waals surface area contributed by atoms with Gasteiger partial charge < -0.3 is 9.64 Å². The number of hydrogen-bond donors (Lipinski definition) is 0. The molecule has 1 aromatic carbocycles. The molecule has 1 amide bonds. The third-order valence-corrected chi connectivity index (χ3v) is 5.30. The summed E-state index contributed by atoms with van der Waals surface area (Å²) in [4.78, 5) is 16.4. The third kappa shape index (κ3) is 3.95. The number of ether oxygens (including phenoxy) is 1. The van der Waals surface area contributed by atoms with Crippen LogP contribution >= 0.6 is 0 Å². The average Bonchev–Trinajstić information content (AvgIpc) is 2.60. The number of benzene rings is 1. The molecular weight excluding hydrogens is 307 g/mol. The van der Waals surface area contributed by atoms with E-state index in [0.29, 0.717) is 5.92 Å². The van der Waals surface area contributed by atoms with Crippen LogP contribution in [0.3, 0.4) is 0 Å². The van der Waals surface area contributed by atoms with Crippen LogP contribution in [0.5, 0.6) is 0 Å². The fourth-order valence-corrected chi connectivity index (χ4v) is 3.80. The zero-order valence-electron chi connectivity index (χ0n) is 14.6. The van der Waals surface area contributed by atoms with E-state index in [-0.39, 0.29) is 23.9 Å². The van der Waals surface area contributed by atoms with Crippen molar-refractivity contribution in [1.29, 1.82) is 0 Å². The molecule has 2 atom stereocenters. The fourth-order valence-electron chi connectivity index (χ4n) is 3.80. The van der Waals surface area contributed by atoms with Crippen LogP contribution in [-0.4, -0.2) is 54.1 Å². The fraction of sp³-hybridized carbons (Fsp3) is 0.632. The van der Waals surface area contributed by atoms with Crippen molar-refractivity contribution in [3.05, 3.63) is 35.6 Å². The first-order valence-corrected chi connectivity index (χ1v) is 8.98. The maximum atomic E-state index is 13.0. The molecule has 2 aliphatic rings. The van der Waals surface area contributed by atoms with Crippen LogP contribution in [0.4, 0.5) is 4.39 Å². The number of hydrogen-bond acceptors (Lipinski definition) is 3. The van der Waals surface area contributed by atoms with Gasteiger partial charge in [0, 0.05) is 19.6 Å². The Morgan fingerprint density at radius 2 is 1.88 bits per heavy atom. The van der Waals surface area contributed by atoms with E-state index in [0.717, 1.165) is 51.1 Å².